The van der Waals surface area contributed by atoms with E-state index in [2.05, 4.69) is 34.5 Å². The number of fused-ring (bicyclic) bond motifs is 1. The van der Waals surface area contributed by atoms with Gasteiger partial charge in [-0.2, -0.15) is 0 Å². The Kier molecular flexibility index (Phi) is 5.33. The Morgan fingerprint density at radius 3 is 3.00 bits per heavy atom. The van der Waals surface area contributed by atoms with Crippen molar-refractivity contribution in [3.63, 3.8) is 0 Å². The van der Waals surface area contributed by atoms with Gasteiger partial charge in [0, 0.05) is 4.88 Å². The first-order valence-electron chi connectivity index (χ1n) is 9.13. The first kappa shape index (κ1) is 17.6. The molecule has 4 nitrogen and oxygen atoms in total. The van der Waals surface area contributed by atoms with Crippen molar-refractivity contribution in [3.8, 4) is 0 Å². The van der Waals surface area contributed by atoms with E-state index in [1.165, 1.54) is 16.0 Å². The minimum absolute atomic E-state index is 0.0631. The van der Waals surface area contributed by atoms with Gasteiger partial charge >= 0.3 is 0 Å². The third-order valence-corrected chi connectivity index (χ3v) is 7.10. The number of nitrogens with zero attached hydrogens (tertiary/aromatic N) is 2. The molecule has 26 heavy (non-hydrogen) atoms. The number of para-hydroxylation sites is 1. The second-order valence-corrected chi connectivity index (χ2v) is 8.85. The molecule has 3 aromatic rings. The normalized spacial score (nSPS) is 19.5. The quantitative estimate of drug-likeness (QED) is 0.688. The van der Waals surface area contributed by atoms with E-state index in [0.717, 1.165) is 29.9 Å². The minimum atomic E-state index is 0.0631. The van der Waals surface area contributed by atoms with Crippen LogP contribution in [0.15, 0.2) is 41.8 Å². The maximum Gasteiger partial charge on any atom is 0.234 e. The van der Waals surface area contributed by atoms with Gasteiger partial charge in [-0.1, -0.05) is 24.6 Å². The fourth-order valence-electron chi connectivity index (χ4n) is 3.57. The highest BCUT2D eigenvalue weighted by Crippen LogP contribution is 2.35. The van der Waals surface area contributed by atoms with Crippen molar-refractivity contribution in [2.24, 2.45) is 0 Å². The summed E-state index contributed by atoms with van der Waals surface area (Å²) in [5, 5.41) is 6.33. The number of aromatic nitrogens is 1. The zero-order valence-corrected chi connectivity index (χ0v) is 16.5. The van der Waals surface area contributed by atoms with E-state index >= 15 is 0 Å². The summed E-state index contributed by atoms with van der Waals surface area (Å²) in [5.41, 5.74) is 1.06. The molecule has 1 N–H and O–H groups in total. The Morgan fingerprint density at radius 2 is 2.19 bits per heavy atom. The lowest BCUT2D eigenvalue weighted by molar-refractivity contribution is -0.123. The van der Waals surface area contributed by atoms with Gasteiger partial charge < -0.3 is 5.32 Å². The van der Waals surface area contributed by atoms with Crippen molar-refractivity contribution < 1.29 is 4.79 Å². The highest BCUT2D eigenvalue weighted by molar-refractivity contribution is 7.18. The van der Waals surface area contributed by atoms with Crippen LogP contribution in [0.3, 0.4) is 0 Å². The van der Waals surface area contributed by atoms with Crippen LogP contribution in [0.5, 0.6) is 0 Å². The van der Waals surface area contributed by atoms with E-state index in [9.17, 15) is 4.79 Å². The summed E-state index contributed by atoms with van der Waals surface area (Å²) in [5.74, 6) is 0.0962. The molecule has 1 amide bonds. The highest BCUT2D eigenvalue weighted by Gasteiger charge is 2.28. The van der Waals surface area contributed by atoms with Gasteiger partial charge in [0.25, 0.3) is 0 Å². The third-order valence-electron chi connectivity index (χ3n) is 4.90. The number of thiophene rings is 1. The molecule has 0 saturated carbocycles. The average Bonchev–Trinajstić information content (AvgIpc) is 3.31. The number of amides is 1. The van der Waals surface area contributed by atoms with Crippen LogP contribution in [-0.2, 0) is 4.79 Å². The molecule has 1 aliphatic heterocycles. The fourth-order valence-corrected chi connectivity index (χ4v) is 5.44. The standard InChI is InChI=1S/C20H23N3OS2/c1-14(17-10-6-12-25-17)21-19(24)13-23-11-5-4-8-16(23)20-22-15-7-2-3-9-18(15)26-20/h2-3,6-7,9-10,12,14,16H,4-5,8,11,13H2,1H3,(H,21,24)/t14-,16-/m1/s1. The molecule has 3 heterocycles. The number of rotatable bonds is 5. The Balaban J connectivity index is 1.46. The molecular formula is C20H23N3OS2. The molecule has 2 aromatic heterocycles. The number of thiazole rings is 1. The first-order valence-corrected chi connectivity index (χ1v) is 10.8. The minimum Gasteiger partial charge on any atom is -0.348 e. The summed E-state index contributed by atoms with van der Waals surface area (Å²) in [7, 11) is 0. The lowest BCUT2D eigenvalue weighted by Crippen LogP contribution is -2.42. The second kappa shape index (κ2) is 7.86. The molecule has 0 unspecified atom stereocenters. The topological polar surface area (TPSA) is 45.2 Å². The number of likely N-dealkylation sites (tertiary alicyclic amines) is 1. The maximum atomic E-state index is 12.6. The number of hydrogen-bond donors (Lipinski definition) is 1. The lowest BCUT2D eigenvalue weighted by Gasteiger charge is -2.34. The zero-order chi connectivity index (χ0) is 17.9. The third kappa shape index (κ3) is 3.82. The average molecular weight is 386 g/mol. The molecule has 0 spiro atoms. The van der Waals surface area contributed by atoms with Crippen molar-refractivity contribution in [1.82, 2.24) is 15.2 Å². The molecule has 0 radical (unpaired) electrons. The number of nitrogens with one attached hydrogen (secondary N) is 1. The van der Waals surface area contributed by atoms with Crippen molar-refractivity contribution >= 4 is 38.8 Å². The maximum absolute atomic E-state index is 12.6. The van der Waals surface area contributed by atoms with Crippen LogP contribution in [0, 0.1) is 0 Å². The second-order valence-electron chi connectivity index (χ2n) is 6.81. The molecule has 1 aliphatic rings. The van der Waals surface area contributed by atoms with Gasteiger partial charge in [-0.25, -0.2) is 4.98 Å². The van der Waals surface area contributed by atoms with Crippen LogP contribution in [0.4, 0.5) is 0 Å². The van der Waals surface area contributed by atoms with E-state index in [1.807, 2.05) is 24.4 Å². The first-order chi connectivity index (χ1) is 12.7. The van der Waals surface area contributed by atoms with Crippen molar-refractivity contribution in [2.75, 3.05) is 13.1 Å². The molecule has 0 aliphatic carbocycles. The van der Waals surface area contributed by atoms with Crippen molar-refractivity contribution in [1.29, 1.82) is 0 Å². The van der Waals surface area contributed by atoms with Crippen LogP contribution >= 0.6 is 22.7 Å². The van der Waals surface area contributed by atoms with Gasteiger partial charge in [0.2, 0.25) is 5.91 Å². The van der Waals surface area contributed by atoms with Crippen LogP contribution in [-0.4, -0.2) is 28.9 Å². The van der Waals surface area contributed by atoms with Gasteiger partial charge in [-0.05, 0) is 49.9 Å². The smallest absolute Gasteiger partial charge is 0.234 e. The van der Waals surface area contributed by atoms with Crippen LogP contribution < -0.4 is 5.32 Å². The molecule has 136 valence electrons. The molecule has 6 heteroatoms. The molecular weight excluding hydrogens is 362 g/mol. The molecule has 1 aromatic carbocycles. The predicted octanol–water partition coefficient (Wildman–Crippen LogP) is 4.76. The Hall–Kier alpha value is -1.76. The van der Waals surface area contributed by atoms with E-state index in [4.69, 9.17) is 4.98 Å². The summed E-state index contributed by atoms with van der Waals surface area (Å²) < 4.78 is 1.23. The number of benzene rings is 1. The van der Waals surface area contributed by atoms with Crippen LogP contribution in [0.2, 0.25) is 0 Å². The van der Waals surface area contributed by atoms with E-state index in [-0.39, 0.29) is 18.0 Å². The highest BCUT2D eigenvalue weighted by atomic mass is 32.1. The zero-order valence-electron chi connectivity index (χ0n) is 14.9. The fraction of sp³-hybridized carbons (Fsp3) is 0.400. The Morgan fingerprint density at radius 1 is 1.31 bits per heavy atom. The van der Waals surface area contributed by atoms with E-state index in [1.54, 1.807) is 22.7 Å². The van der Waals surface area contributed by atoms with E-state index in [0.29, 0.717) is 6.54 Å². The largest absolute Gasteiger partial charge is 0.348 e. The molecule has 4 rings (SSSR count). The summed E-state index contributed by atoms with van der Waals surface area (Å²) in [6.45, 7) is 3.45. The molecule has 0 bridgehead atoms. The Labute approximate surface area is 161 Å². The number of carbonyl (C=O) groups is 1. The summed E-state index contributed by atoms with van der Waals surface area (Å²) in [6, 6.07) is 12.7. The predicted molar refractivity (Wildman–Crippen MR) is 109 cm³/mol. The molecule has 1 fully saturated rings. The number of piperidine rings is 1. The lowest BCUT2D eigenvalue weighted by atomic mass is 10.0. The van der Waals surface area contributed by atoms with Gasteiger partial charge in [0.15, 0.2) is 0 Å². The monoisotopic (exact) mass is 385 g/mol. The van der Waals surface area contributed by atoms with Crippen LogP contribution in [0.1, 0.15) is 48.2 Å². The molecule has 1 saturated heterocycles. The number of carbonyl (C=O) groups excluding carboxylic acids is 1. The Bertz CT molecular complexity index is 841. The number of hydrogen-bond acceptors (Lipinski definition) is 5. The molecule has 2 atom stereocenters. The van der Waals surface area contributed by atoms with Gasteiger partial charge in [-0.3, -0.25) is 9.69 Å². The van der Waals surface area contributed by atoms with Crippen LogP contribution in [0.25, 0.3) is 10.2 Å². The van der Waals surface area contributed by atoms with Crippen molar-refractivity contribution in [2.45, 2.75) is 38.3 Å². The van der Waals surface area contributed by atoms with Crippen molar-refractivity contribution in [3.05, 3.63) is 51.7 Å². The summed E-state index contributed by atoms with van der Waals surface area (Å²) >= 11 is 3.45. The summed E-state index contributed by atoms with van der Waals surface area (Å²) in [6.07, 6.45) is 3.42. The van der Waals surface area contributed by atoms with Gasteiger partial charge in [0.05, 0.1) is 28.8 Å². The van der Waals surface area contributed by atoms with Gasteiger partial charge in [0.1, 0.15) is 5.01 Å². The summed E-state index contributed by atoms with van der Waals surface area (Å²) in [4.78, 5) is 20.9. The SMILES string of the molecule is C[C@@H](NC(=O)CN1CCCC[C@@H]1c1nc2ccccc2s1)c1cccs1. The van der Waals surface area contributed by atoms with E-state index < -0.39 is 0 Å². The van der Waals surface area contributed by atoms with Gasteiger partial charge in [-0.15, -0.1) is 22.7 Å².